The summed E-state index contributed by atoms with van der Waals surface area (Å²) >= 11 is 1.47. The van der Waals surface area contributed by atoms with Crippen LogP contribution in [0.1, 0.15) is 42.2 Å². The lowest BCUT2D eigenvalue weighted by Crippen LogP contribution is -2.51. The molecular formula is C17H31Cl2N5OS. The maximum Gasteiger partial charge on any atom is 0.273 e. The average Bonchev–Trinajstić information content (AvgIpc) is 3.20. The van der Waals surface area contributed by atoms with Gasteiger partial charge in [0.2, 0.25) is 0 Å². The third kappa shape index (κ3) is 5.53. The van der Waals surface area contributed by atoms with E-state index < -0.39 is 0 Å². The van der Waals surface area contributed by atoms with E-state index in [1.807, 2.05) is 10.3 Å². The molecule has 1 aromatic heterocycles. The number of carbonyl (C=O) groups is 1. The van der Waals surface area contributed by atoms with Gasteiger partial charge in [-0.1, -0.05) is 0 Å². The Morgan fingerprint density at radius 2 is 1.77 bits per heavy atom. The van der Waals surface area contributed by atoms with Gasteiger partial charge in [0.05, 0.1) is 0 Å². The van der Waals surface area contributed by atoms with Gasteiger partial charge >= 0.3 is 0 Å². The van der Waals surface area contributed by atoms with E-state index in [2.05, 4.69) is 28.6 Å². The Balaban J connectivity index is 0.00000169. The zero-order valence-corrected chi connectivity index (χ0v) is 18.0. The van der Waals surface area contributed by atoms with E-state index in [9.17, 15) is 4.79 Å². The highest BCUT2D eigenvalue weighted by atomic mass is 35.5. The van der Waals surface area contributed by atoms with Crippen molar-refractivity contribution in [1.29, 1.82) is 0 Å². The lowest BCUT2D eigenvalue weighted by Gasteiger charge is -2.36. The smallest absolute Gasteiger partial charge is 0.273 e. The zero-order chi connectivity index (χ0) is 17.1. The van der Waals surface area contributed by atoms with E-state index in [-0.39, 0.29) is 30.7 Å². The van der Waals surface area contributed by atoms with Crippen molar-refractivity contribution in [3.05, 3.63) is 16.1 Å². The van der Waals surface area contributed by atoms with Crippen LogP contribution in [-0.2, 0) is 6.54 Å². The van der Waals surface area contributed by atoms with Gasteiger partial charge in [0.25, 0.3) is 5.91 Å². The third-order valence-electron chi connectivity index (χ3n) is 5.41. The van der Waals surface area contributed by atoms with Gasteiger partial charge in [0.1, 0.15) is 10.7 Å². The molecule has 9 heteroatoms. The number of carbonyl (C=O) groups excluding carboxylic acids is 1. The van der Waals surface area contributed by atoms with Crippen LogP contribution < -0.4 is 5.73 Å². The van der Waals surface area contributed by atoms with Gasteiger partial charge < -0.3 is 10.6 Å². The Kier molecular flexibility index (Phi) is 9.79. The first-order valence-electron chi connectivity index (χ1n) is 9.00. The van der Waals surface area contributed by atoms with Crippen molar-refractivity contribution < 1.29 is 4.79 Å². The number of nitrogens with two attached hydrogens (primary N) is 1. The number of amides is 1. The molecule has 150 valence electrons. The Morgan fingerprint density at radius 3 is 2.31 bits per heavy atom. The van der Waals surface area contributed by atoms with Crippen LogP contribution in [-0.4, -0.2) is 76.9 Å². The molecule has 6 nitrogen and oxygen atoms in total. The molecule has 0 spiro atoms. The van der Waals surface area contributed by atoms with Crippen LogP contribution in [0, 0.1) is 0 Å². The average molecular weight is 424 g/mol. The minimum Gasteiger partial charge on any atom is -0.335 e. The number of piperazine rings is 1. The summed E-state index contributed by atoms with van der Waals surface area (Å²) in [5.41, 5.74) is 6.13. The molecule has 3 heterocycles. The first-order chi connectivity index (χ1) is 11.6. The Morgan fingerprint density at radius 1 is 1.15 bits per heavy atom. The van der Waals surface area contributed by atoms with E-state index in [4.69, 9.17) is 5.73 Å². The summed E-state index contributed by atoms with van der Waals surface area (Å²) in [5, 5.41) is 2.65. The molecular weight excluding hydrogens is 393 g/mol. The minimum atomic E-state index is 0. The second-order valence-corrected chi connectivity index (χ2v) is 7.92. The summed E-state index contributed by atoms with van der Waals surface area (Å²) in [4.78, 5) is 23.8. The van der Waals surface area contributed by atoms with Crippen LogP contribution in [0.3, 0.4) is 0 Å². The zero-order valence-electron chi connectivity index (χ0n) is 15.6. The molecule has 3 rings (SSSR count). The van der Waals surface area contributed by atoms with E-state index in [1.54, 1.807) is 0 Å². The molecule has 2 fully saturated rings. The molecule has 26 heavy (non-hydrogen) atoms. The topological polar surface area (TPSA) is 65.7 Å². The minimum absolute atomic E-state index is 0. The molecule has 1 amide bonds. The van der Waals surface area contributed by atoms with Crippen LogP contribution in [0.15, 0.2) is 5.38 Å². The SMILES string of the molecule is CC1CCC(C)N1CCN1CCN(C(=O)c2csc(CN)n2)CC1.Cl.Cl. The number of halogens is 2. The highest BCUT2D eigenvalue weighted by Crippen LogP contribution is 2.23. The molecule has 2 aliphatic heterocycles. The molecule has 2 aliphatic rings. The molecule has 0 bridgehead atoms. The van der Waals surface area contributed by atoms with E-state index in [1.165, 1.54) is 24.2 Å². The van der Waals surface area contributed by atoms with E-state index in [0.717, 1.165) is 44.3 Å². The standard InChI is InChI=1S/C17H29N5OS.2ClH/c1-13-3-4-14(2)22(13)10-7-20-5-8-21(9-6-20)17(23)15-12-24-16(11-18)19-15;;/h12-14H,3-11,18H2,1-2H3;2*1H. The highest BCUT2D eigenvalue weighted by Gasteiger charge is 2.28. The fourth-order valence-corrected chi connectivity index (χ4v) is 4.43. The molecule has 2 N–H and O–H groups in total. The van der Waals surface area contributed by atoms with Crippen molar-refractivity contribution in [1.82, 2.24) is 19.7 Å². The van der Waals surface area contributed by atoms with Gasteiger partial charge in [-0.05, 0) is 26.7 Å². The molecule has 0 saturated carbocycles. The Bertz CT molecular complexity index is 555. The number of aromatic nitrogens is 1. The predicted molar refractivity (Wildman–Crippen MR) is 112 cm³/mol. The number of hydrogen-bond acceptors (Lipinski definition) is 6. The summed E-state index contributed by atoms with van der Waals surface area (Å²) in [5.74, 6) is 0.0485. The van der Waals surface area contributed by atoms with Gasteiger partial charge in [-0.25, -0.2) is 4.98 Å². The molecule has 1 aromatic rings. The van der Waals surface area contributed by atoms with Gasteiger partial charge in [-0.2, -0.15) is 0 Å². The van der Waals surface area contributed by atoms with Crippen LogP contribution in [0.25, 0.3) is 0 Å². The summed E-state index contributed by atoms with van der Waals surface area (Å²) in [6.07, 6.45) is 2.64. The largest absolute Gasteiger partial charge is 0.335 e. The van der Waals surface area contributed by atoms with Crippen molar-refractivity contribution in [3.8, 4) is 0 Å². The van der Waals surface area contributed by atoms with Crippen molar-refractivity contribution in [3.63, 3.8) is 0 Å². The highest BCUT2D eigenvalue weighted by molar-refractivity contribution is 7.09. The third-order valence-corrected chi connectivity index (χ3v) is 6.29. The maximum atomic E-state index is 12.5. The van der Waals surface area contributed by atoms with Gasteiger partial charge in [-0.3, -0.25) is 14.6 Å². The lowest BCUT2D eigenvalue weighted by molar-refractivity contribution is 0.0609. The number of hydrogen-bond donors (Lipinski definition) is 1. The number of nitrogens with zero attached hydrogens (tertiary/aromatic N) is 4. The summed E-state index contributed by atoms with van der Waals surface area (Å²) in [6.45, 7) is 10.8. The number of thiazole rings is 1. The number of likely N-dealkylation sites (tertiary alicyclic amines) is 1. The van der Waals surface area contributed by atoms with Crippen molar-refractivity contribution in [2.45, 2.75) is 45.3 Å². The Hall–Kier alpha value is -0.440. The van der Waals surface area contributed by atoms with E-state index in [0.29, 0.717) is 24.3 Å². The first-order valence-corrected chi connectivity index (χ1v) is 9.88. The van der Waals surface area contributed by atoms with Crippen LogP contribution in [0.4, 0.5) is 0 Å². The Labute approximate surface area is 172 Å². The summed E-state index contributed by atoms with van der Waals surface area (Å²) in [7, 11) is 0. The van der Waals surface area contributed by atoms with Gasteiger partial charge in [-0.15, -0.1) is 36.2 Å². The van der Waals surface area contributed by atoms with Crippen molar-refractivity contribution >= 4 is 42.1 Å². The van der Waals surface area contributed by atoms with Gasteiger partial charge in [0.15, 0.2) is 0 Å². The monoisotopic (exact) mass is 423 g/mol. The normalized spacial score (nSPS) is 24.2. The molecule has 2 saturated heterocycles. The predicted octanol–water partition coefficient (Wildman–Crippen LogP) is 2.08. The molecule has 0 aromatic carbocycles. The summed E-state index contributed by atoms with van der Waals surface area (Å²) < 4.78 is 0. The molecule has 2 unspecified atom stereocenters. The maximum absolute atomic E-state index is 12.5. The fraction of sp³-hybridized carbons (Fsp3) is 0.765. The quantitative estimate of drug-likeness (QED) is 0.784. The number of rotatable bonds is 5. The molecule has 2 atom stereocenters. The van der Waals surface area contributed by atoms with Crippen LogP contribution in [0.5, 0.6) is 0 Å². The second-order valence-electron chi connectivity index (χ2n) is 6.98. The van der Waals surface area contributed by atoms with Crippen LogP contribution in [0.2, 0.25) is 0 Å². The van der Waals surface area contributed by atoms with E-state index >= 15 is 0 Å². The molecule has 0 aliphatic carbocycles. The molecule has 0 radical (unpaired) electrons. The lowest BCUT2D eigenvalue weighted by atomic mass is 10.2. The van der Waals surface area contributed by atoms with Crippen molar-refractivity contribution in [2.75, 3.05) is 39.3 Å². The van der Waals surface area contributed by atoms with Crippen molar-refractivity contribution in [2.24, 2.45) is 5.73 Å². The fourth-order valence-electron chi connectivity index (χ4n) is 3.79. The summed E-state index contributed by atoms with van der Waals surface area (Å²) in [6, 6.07) is 1.42. The van der Waals surface area contributed by atoms with Crippen LogP contribution >= 0.6 is 36.2 Å². The first kappa shape index (κ1) is 23.6. The second kappa shape index (κ2) is 10.8. The van der Waals surface area contributed by atoms with Gasteiger partial charge in [0, 0.05) is 63.3 Å².